The molecule has 5 heteroatoms. The Morgan fingerprint density at radius 1 is 1.60 bits per heavy atom. The van der Waals surface area contributed by atoms with Crippen molar-refractivity contribution in [2.24, 2.45) is 0 Å². The predicted octanol–water partition coefficient (Wildman–Crippen LogP) is 0.638. The number of aromatic nitrogens is 1. The lowest BCUT2D eigenvalue weighted by atomic mass is 10.1. The van der Waals surface area contributed by atoms with Crippen molar-refractivity contribution >= 4 is 11.8 Å². The third-order valence-electron chi connectivity index (χ3n) is 1.96. The molecule has 0 saturated heterocycles. The second kappa shape index (κ2) is 4.27. The highest BCUT2D eigenvalue weighted by Gasteiger charge is 2.29. The SMILES string of the molecule is Cc1cccc(NCC(C)(O)C(=O)O)n1. The largest absolute Gasteiger partial charge is 0.479 e. The quantitative estimate of drug-likeness (QED) is 0.679. The van der Waals surface area contributed by atoms with Crippen LogP contribution in [0.5, 0.6) is 0 Å². The Balaban J connectivity index is 2.61. The Bertz CT molecular complexity index is 363. The molecule has 82 valence electrons. The van der Waals surface area contributed by atoms with Gasteiger partial charge in [0.25, 0.3) is 0 Å². The van der Waals surface area contributed by atoms with Gasteiger partial charge < -0.3 is 15.5 Å². The second-order valence-corrected chi connectivity index (χ2v) is 3.60. The van der Waals surface area contributed by atoms with Gasteiger partial charge in [0, 0.05) is 5.69 Å². The molecule has 1 aromatic heterocycles. The third-order valence-corrected chi connectivity index (χ3v) is 1.96. The highest BCUT2D eigenvalue weighted by atomic mass is 16.4. The van der Waals surface area contributed by atoms with Crippen molar-refractivity contribution in [3.63, 3.8) is 0 Å². The molecule has 1 aromatic rings. The van der Waals surface area contributed by atoms with Crippen molar-refractivity contribution in [2.75, 3.05) is 11.9 Å². The number of rotatable bonds is 4. The first-order valence-electron chi connectivity index (χ1n) is 4.55. The molecule has 0 aromatic carbocycles. The van der Waals surface area contributed by atoms with E-state index in [4.69, 9.17) is 5.11 Å². The molecule has 0 aliphatic rings. The molecule has 0 amide bonds. The summed E-state index contributed by atoms with van der Waals surface area (Å²) in [5.41, 5.74) is -0.958. The number of hydrogen-bond donors (Lipinski definition) is 3. The number of aliphatic hydroxyl groups is 1. The van der Waals surface area contributed by atoms with Crippen LogP contribution in [0.1, 0.15) is 12.6 Å². The third kappa shape index (κ3) is 3.21. The van der Waals surface area contributed by atoms with E-state index in [1.807, 2.05) is 13.0 Å². The van der Waals surface area contributed by atoms with Crippen LogP contribution in [0.25, 0.3) is 0 Å². The standard InChI is InChI=1S/C10H14N2O3/c1-7-4-3-5-8(12-7)11-6-10(2,15)9(13)14/h3-5,15H,6H2,1-2H3,(H,11,12)(H,13,14). The van der Waals surface area contributed by atoms with E-state index in [0.29, 0.717) is 5.82 Å². The van der Waals surface area contributed by atoms with Gasteiger partial charge in [-0.05, 0) is 26.0 Å². The number of nitrogens with one attached hydrogen (secondary N) is 1. The van der Waals surface area contributed by atoms with E-state index in [-0.39, 0.29) is 6.54 Å². The van der Waals surface area contributed by atoms with E-state index in [1.54, 1.807) is 12.1 Å². The summed E-state index contributed by atoms with van der Waals surface area (Å²) < 4.78 is 0. The molecule has 1 atom stereocenters. The fourth-order valence-electron chi connectivity index (χ4n) is 0.980. The zero-order chi connectivity index (χ0) is 11.5. The number of aryl methyl sites for hydroxylation is 1. The molecule has 5 nitrogen and oxygen atoms in total. The summed E-state index contributed by atoms with van der Waals surface area (Å²) in [4.78, 5) is 14.7. The first kappa shape index (κ1) is 11.5. The maximum absolute atomic E-state index is 10.6. The molecule has 1 rings (SSSR count). The minimum Gasteiger partial charge on any atom is -0.479 e. The average molecular weight is 210 g/mol. The normalized spacial score (nSPS) is 14.3. The lowest BCUT2D eigenvalue weighted by molar-refractivity contribution is -0.155. The number of carboxylic acid groups (broad SMARTS) is 1. The lowest BCUT2D eigenvalue weighted by Crippen LogP contribution is -2.41. The van der Waals surface area contributed by atoms with Gasteiger partial charge in [0.2, 0.25) is 0 Å². The van der Waals surface area contributed by atoms with Crippen molar-refractivity contribution in [3.05, 3.63) is 23.9 Å². The number of hydrogen-bond acceptors (Lipinski definition) is 4. The number of anilines is 1. The van der Waals surface area contributed by atoms with Gasteiger partial charge in [0.15, 0.2) is 5.60 Å². The van der Waals surface area contributed by atoms with Crippen molar-refractivity contribution < 1.29 is 15.0 Å². The van der Waals surface area contributed by atoms with Gasteiger partial charge in [-0.3, -0.25) is 0 Å². The second-order valence-electron chi connectivity index (χ2n) is 3.60. The predicted molar refractivity (Wildman–Crippen MR) is 55.7 cm³/mol. The van der Waals surface area contributed by atoms with E-state index in [2.05, 4.69) is 10.3 Å². The minimum atomic E-state index is -1.79. The van der Waals surface area contributed by atoms with Gasteiger partial charge in [-0.2, -0.15) is 0 Å². The minimum absolute atomic E-state index is 0.0845. The topological polar surface area (TPSA) is 82.5 Å². The average Bonchev–Trinajstić information content (AvgIpc) is 2.15. The molecular formula is C10H14N2O3. The van der Waals surface area contributed by atoms with Crippen LogP contribution in [-0.4, -0.2) is 33.3 Å². The van der Waals surface area contributed by atoms with Crippen molar-refractivity contribution in [3.8, 4) is 0 Å². The van der Waals surface area contributed by atoms with E-state index >= 15 is 0 Å². The van der Waals surface area contributed by atoms with Gasteiger partial charge in [0.05, 0.1) is 6.54 Å². The van der Waals surface area contributed by atoms with Crippen molar-refractivity contribution in [1.82, 2.24) is 4.98 Å². The molecule has 0 spiro atoms. The van der Waals surface area contributed by atoms with Gasteiger partial charge in [-0.15, -0.1) is 0 Å². The first-order chi connectivity index (χ1) is 6.92. The fraction of sp³-hybridized carbons (Fsp3) is 0.400. The molecule has 0 radical (unpaired) electrons. The highest BCUT2D eigenvalue weighted by molar-refractivity contribution is 5.77. The Morgan fingerprint density at radius 2 is 2.27 bits per heavy atom. The fourth-order valence-corrected chi connectivity index (χ4v) is 0.980. The molecule has 3 N–H and O–H groups in total. The number of carboxylic acids is 1. The molecule has 1 heterocycles. The van der Waals surface area contributed by atoms with E-state index in [9.17, 15) is 9.90 Å². The summed E-state index contributed by atoms with van der Waals surface area (Å²) >= 11 is 0. The smallest absolute Gasteiger partial charge is 0.337 e. The zero-order valence-corrected chi connectivity index (χ0v) is 8.69. The molecule has 0 bridgehead atoms. The van der Waals surface area contributed by atoms with Crippen molar-refractivity contribution in [1.29, 1.82) is 0 Å². The van der Waals surface area contributed by atoms with Crippen LogP contribution in [0.3, 0.4) is 0 Å². The summed E-state index contributed by atoms with van der Waals surface area (Å²) in [6.45, 7) is 2.98. The maximum Gasteiger partial charge on any atom is 0.337 e. The van der Waals surface area contributed by atoms with Crippen molar-refractivity contribution in [2.45, 2.75) is 19.4 Å². The van der Waals surface area contributed by atoms with E-state index in [0.717, 1.165) is 5.69 Å². The van der Waals surface area contributed by atoms with Gasteiger partial charge in [-0.1, -0.05) is 6.07 Å². The first-order valence-corrected chi connectivity index (χ1v) is 4.55. The van der Waals surface area contributed by atoms with Crippen LogP contribution in [-0.2, 0) is 4.79 Å². The highest BCUT2D eigenvalue weighted by Crippen LogP contribution is 2.08. The molecule has 0 saturated carbocycles. The Kier molecular flexibility index (Phi) is 3.26. The molecule has 0 aliphatic heterocycles. The summed E-state index contributed by atoms with van der Waals surface area (Å²) in [6, 6.07) is 5.35. The van der Waals surface area contributed by atoms with Crippen LogP contribution in [0.2, 0.25) is 0 Å². The lowest BCUT2D eigenvalue weighted by Gasteiger charge is -2.18. The molecule has 1 unspecified atom stereocenters. The van der Waals surface area contributed by atoms with Crippen LogP contribution >= 0.6 is 0 Å². The number of nitrogens with zero attached hydrogens (tertiary/aromatic N) is 1. The molecule has 0 aliphatic carbocycles. The Morgan fingerprint density at radius 3 is 2.80 bits per heavy atom. The summed E-state index contributed by atoms with van der Waals surface area (Å²) in [6.07, 6.45) is 0. The van der Waals surface area contributed by atoms with Gasteiger partial charge in [0.1, 0.15) is 5.82 Å². The zero-order valence-electron chi connectivity index (χ0n) is 8.69. The van der Waals surface area contributed by atoms with E-state index < -0.39 is 11.6 Å². The number of aliphatic carboxylic acids is 1. The Hall–Kier alpha value is -1.62. The van der Waals surface area contributed by atoms with Gasteiger partial charge >= 0.3 is 5.97 Å². The van der Waals surface area contributed by atoms with Crippen LogP contribution in [0.15, 0.2) is 18.2 Å². The monoisotopic (exact) mass is 210 g/mol. The molecule has 15 heavy (non-hydrogen) atoms. The Labute approximate surface area is 87.8 Å². The summed E-state index contributed by atoms with van der Waals surface area (Å²) in [7, 11) is 0. The van der Waals surface area contributed by atoms with E-state index in [1.165, 1.54) is 6.92 Å². The van der Waals surface area contributed by atoms with Crippen LogP contribution in [0.4, 0.5) is 5.82 Å². The summed E-state index contributed by atoms with van der Waals surface area (Å²) in [5, 5.41) is 20.9. The van der Waals surface area contributed by atoms with Crippen LogP contribution < -0.4 is 5.32 Å². The number of carbonyl (C=O) groups is 1. The summed E-state index contributed by atoms with van der Waals surface area (Å²) in [5.74, 6) is -0.709. The van der Waals surface area contributed by atoms with Crippen LogP contribution in [0, 0.1) is 6.92 Å². The maximum atomic E-state index is 10.6. The van der Waals surface area contributed by atoms with Gasteiger partial charge in [-0.25, -0.2) is 9.78 Å². The molecular weight excluding hydrogens is 196 g/mol. The molecule has 0 fully saturated rings. The number of pyridine rings is 1.